The van der Waals surface area contributed by atoms with E-state index >= 15 is 0 Å². The minimum absolute atomic E-state index is 0.0842. The number of nitrogens with zero attached hydrogens (tertiary/aromatic N) is 4. The van der Waals surface area contributed by atoms with Crippen molar-refractivity contribution in [3.8, 4) is 62.3 Å². The molecule has 0 spiro atoms. The van der Waals surface area contributed by atoms with Crippen LogP contribution in [-0.2, 0) is 31.2 Å². The first-order valence-corrected chi connectivity index (χ1v) is 21.9. The average molecular weight is 875 g/mol. The number of aromatic nitrogens is 4. The molecule has 0 atom stereocenters. The molecule has 0 radical (unpaired) electrons. The van der Waals surface area contributed by atoms with Crippen LogP contribution in [0.2, 0.25) is 0 Å². The first-order chi connectivity index (χ1) is 29.0. The van der Waals surface area contributed by atoms with E-state index in [1.165, 1.54) is 36.4 Å². The maximum Gasteiger partial charge on any atom is 0.446 e. The van der Waals surface area contributed by atoms with E-state index in [1.54, 1.807) is 54.6 Å². The Morgan fingerprint density at radius 1 is 0.311 bits per heavy atom. The third-order valence-electron chi connectivity index (χ3n) is 9.44. The summed E-state index contributed by atoms with van der Waals surface area (Å²) in [5, 5.41) is 3.04. The van der Waals surface area contributed by atoms with Gasteiger partial charge in [0.2, 0.25) is 0 Å². The van der Waals surface area contributed by atoms with E-state index in [-0.39, 0.29) is 17.2 Å². The number of hydrogen-bond acceptors (Lipinski definition) is 13. The molecule has 9 aromatic rings. The molecule has 5 aromatic carbocycles. The maximum atomic E-state index is 12.0. The van der Waals surface area contributed by atoms with E-state index in [9.17, 15) is 29.8 Å². The molecule has 0 fully saturated rings. The second-order valence-electron chi connectivity index (χ2n) is 13.5. The molecule has 0 aliphatic heterocycles. The Balaban J connectivity index is 1.13. The monoisotopic (exact) mass is 874 g/mol. The summed E-state index contributed by atoms with van der Waals surface area (Å²) in [4.78, 5) is 19.7. The predicted molar refractivity (Wildman–Crippen MR) is 226 cm³/mol. The molecule has 0 saturated carbocycles. The van der Waals surface area contributed by atoms with Gasteiger partial charge in [0.25, 0.3) is 0 Å². The summed E-state index contributed by atoms with van der Waals surface area (Å²) < 4.78 is 110. The van der Waals surface area contributed by atoms with Crippen LogP contribution < -0.4 is 12.5 Å². The first kappa shape index (κ1) is 39.3. The van der Waals surface area contributed by atoms with E-state index in [1.807, 2.05) is 48.5 Å². The molecule has 0 unspecified atom stereocenters. The minimum Gasteiger partial charge on any atom is -0.362 e. The van der Waals surface area contributed by atoms with Gasteiger partial charge in [-0.3, -0.25) is 13.7 Å². The van der Waals surface area contributed by atoms with Gasteiger partial charge in [0, 0.05) is 43.8 Å². The molecule has 0 aliphatic carbocycles. The minimum atomic E-state index is -4.95. The van der Waals surface area contributed by atoms with Gasteiger partial charge in [-0.05, 0) is 91.0 Å². The quantitative estimate of drug-likeness (QED) is 0.0868. The molecule has 0 aliphatic rings. The highest BCUT2D eigenvalue weighted by Crippen LogP contribution is 2.35. The van der Waals surface area contributed by atoms with Gasteiger partial charge in [0.05, 0.1) is 44.8 Å². The van der Waals surface area contributed by atoms with Crippen molar-refractivity contribution < 1.29 is 51.5 Å². The van der Waals surface area contributed by atoms with Gasteiger partial charge in [0.1, 0.15) is 17.2 Å². The number of hydrogen-bond donors (Lipinski definition) is 3. The van der Waals surface area contributed by atoms with Crippen LogP contribution in [0.25, 0.3) is 88.6 Å². The third-order valence-corrected chi connectivity index (χ3v) is 10.7. The fraction of sp³-hybridized carbons (Fsp3) is 0. The van der Waals surface area contributed by atoms with Crippen LogP contribution in [0, 0.1) is 0 Å². The molecule has 0 saturated heterocycles. The largest absolute Gasteiger partial charge is 0.446 e. The summed E-state index contributed by atoms with van der Waals surface area (Å²) in [6, 6.07) is 38.5. The smallest absolute Gasteiger partial charge is 0.362 e. The fourth-order valence-corrected chi connectivity index (χ4v) is 7.90. The van der Waals surface area contributed by atoms with Gasteiger partial charge in [-0.2, -0.15) is 25.3 Å². The summed E-state index contributed by atoms with van der Waals surface area (Å²) in [5.74, 6) is -0.378. The van der Waals surface area contributed by atoms with Gasteiger partial charge in [0.15, 0.2) is 0 Å². The van der Waals surface area contributed by atoms with Crippen molar-refractivity contribution in [2.45, 2.75) is 0 Å². The zero-order chi connectivity index (χ0) is 42.7. The summed E-state index contributed by atoms with van der Waals surface area (Å²) in [7, 11) is -14.3. The second kappa shape index (κ2) is 14.9. The molecule has 304 valence electrons. The molecule has 16 nitrogen and oxygen atoms in total. The Hall–Kier alpha value is -7.13. The van der Waals surface area contributed by atoms with Crippen molar-refractivity contribution in [2.24, 2.45) is 0 Å². The van der Waals surface area contributed by atoms with Crippen molar-refractivity contribution in [3.05, 3.63) is 140 Å². The van der Waals surface area contributed by atoms with E-state index in [0.29, 0.717) is 67.1 Å². The van der Waals surface area contributed by atoms with Crippen molar-refractivity contribution in [3.63, 3.8) is 0 Å². The summed E-state index contributed by atoms with van der Waals surface area (Å²) in [5.41, 5.74) is 6.10. The summed E-state index contributed by atoms with van der Waals surface area (Å²) in [6.45, 7) is 0. The Kier molecular flexibility index (Phi) is 9.58. The summed E-state index contributed by atoms with van der Waals surface area (Å²) in [6.07, 6.45) is 0. The lowest BCUT2D eigenvalue weighted by Gasteiger charge is -2.12. The normalized spacial score (nSPS) is 12.2. The van der Waals surface area contributed by atoms with Crippen LogP contribution >= 0.6 is 0 Å². The van der Waals surface area contributed by atoms with Gasteiger partial charge >= 0.3 is 31.2 Å². The Morgan fingerprint density at radius 3 is 0.869 bits per heavy atom. The standard InChI is InChI=1S/C42H26N4O12S3/c47-59(48,49)56-32-13-5-24(6-14-32)35-17-9-26-1-3-28-11-19-37(45-41(28)39(26)43-35)30-21-31(23-34(22-30)58-61(53,54)55)38-20-12-29-4-2-27-10-18-36(44-40(27)42(29)46-38)25-7-15-33(16-8-25)57-60(50,51)52/h1-23H,(H,47,48,49)(H,50,51,52)(H,53,54,55). The van der Waals surface area contributed by atoms with Gasteiger partial charge in [-0.1, -0.05) is 48.5 Å². The molecule has 9 rings (SSSR count). The highest BCUT2D eigenvalue weighted by atomic mass is 32.3. The fourth-order valence-electron chi connectivity index (χ4n) is 6.85. The maximum absolute atomic E-state index is 12.0. The van der Waals surface area contributed by atoms with Crippen LogP contribution in [0.5, 0.6) is 17.2 Å². The molecule has 4 heterocycles. The van der Waals surface area contributed by atoms with Crippen molar-refractivity contribution in [2.75, 3.05) is 0 Å². The number of rotatable bonds is 10. The average Bonchev–Trinajstić information content (AvgIpc) is 3.21. The molecule has 19 heteroatoms. The molecular weight excluding hydrogens is 849 g/mol. The third kappa shape index (κ3) is 8.64. The highest BCUT2D eigenvalue weighted by molar-refractivity contribution is 7.81. The van der Waals surface area contributed by atoms with E-state index in [0.717, 1.165) is 21.5 Å². The van der Waals surface area contributed by atoms with Crippen LogP contribution in [0.15, 0.2) is 140 Å². The van der Waals surface area contributed by atoms with Crippen molar-refractivity contribution >= 4 is 74.8 Å². The lowest BCUT2D eigenvalue weighted by atomic mass is 10.0. The number of benzene rings is 5. The second-order valence-corrected chi connectivity index (χ2v) is 16.6. The van der Waals surface area contributed by atoms with Crippen LogP contribution in [0.4, 0.5) is 0 Å². The SMILES string of the molecule is O=S(=O)(O)Oc1ccc(-c2ccc3ccc4ccc(-c5cc(OS(=O)(=O)O)cc(-c6ccc7ccc8ccc(-c9ccc(OS(=O)(=O)O)cc9)nc8c7n6)c5)nc4c3n2)cc1. The van der Waals surface area contributed by atoms with Crippen LogP contribution in [0.3, 0.4) is 0 Å². The lowest BCUT2D eigenvalue weighted by Crippen LogP contribution is -2.07. The Labute approximate surface area is 346 Å². The van der Waals surface area contributed by atoms with Gasteiger partial charge in [-0.15, -0.1) is 0 Å². The van der Waals surface area contributed by atoms with Crippen molar-refractivity contribution in [1.82, 2.24) is 19.9 Å². The summed E-state index contributed by atoms with van der Waals surface area (Å²) >= 11 is 0. The molecule has 0 bridgehead atoms. The van der Waals surface area contributed by atoms with E-state index < -0.39 is 31.2 Å². The Morgan fingerprint density at radius 2 is 0.574 bits per heavy atom. The highest BCUT2D eigenvalue weighted by Gasteiger charge is 2.17. The number of fused-ring (bicyclic) bond motifs is 6. The Bertz CT molecular complexity index is 3370. The first-order valence-electron chi connectivity index (χ1n) is 17.8. The number of pyridine rings is 4. The molecule has 61 heavy (non-hydrogen) atoms. The topological polar surface area (TPSA) is 242 Å². The molecule has 0 amide bonds. The zero-order valence-corrected chi connectivity index (χ0v) is 33.3. The zero-order valence-electron chi connectivity index (χ0n) is 30.8. The molecular formula is C42H26N4O12S3. The van der Waals surface area contributed by atoms with Crippen molar-refractivity contribution in [1.29, 1.82) is 0 Å². The van der Waals surface area contributed by atoms with Gasteiger partial charge in [-0.25, -0.2) is 19.9 Å². The van der Waals surface area contributed by atoms with E-state index in [2.05, 4.69) is 8.37 Å². The van der Waals surface area contributed by atoms with E-state index in [4.69, 9.17) is 33.2 Å². The van der Waals surface area contributed by atoms with Crippen LogP contribution in [-0.4, -0.2) is 58.8 Å². The lowest BCUT2D eigenvalue weighted by molar-refractivity contribution is 0.384. The molecule has 3 N–H and O–H groups in total. The molecule has 4 aromatic heterocycles. The van der Waals surface area contributed by atoms with Gasteiger partial charge < -0.3 is 12.5 Å². The van der Waals surface area contributed by atoms with Crippen LogP contribution in [0.1, 0.15) is 0 Å². The predicted octanol–water partition coefficient (Wildman–Crippen LogP) is 8.09.